The fourth-order valence-electron chi connectivity index (χ4n) is 2.05. The lowest BCUT2D eigenvalue weighted by Crippen LogP contribution is -2.13. The number of hydrogen-bond acceptors (Lipinski definition) is 4. The van der Waals surface area contributed by atoms with E-state index in [4.69, 9.17) is 4.74 Å². The van der Waals surface area contributed by atoms with Gasteiger partial charge in [0.25, 0.3) is 0 Å². The molecule has 0 aliphatic heterocycles. The van der Waals surface area contributed by atoms with Crippen molar-refractivity contribution in [1.82, 2.24) is 9.97 Å². The highest BCUT2D eigenvalue weighted by atomic mass is 16.5. The number of aromatic nitrogens is 2. The predicted octanol–water partition coefficient (Wildman–Crippen LogP) is 2.93. The van der Waals surface area contributed by atoms with Gasteiger partial charge in [-0.1, -0.05) is 36.4 Å². The Labute approximate surface area is 122 Å². The minimum Gasteiger partial charge on any atom is -0.458 e. The molecule has 2 aromatic rings. The zero-order valence-corrected chi connectivity index (χ0v) is 11.3. The molecular formula is C17H14N2O2. The van der Waals surface area contributed by atoms with E-state index in [9.17, 15) is 4.79 Å². The molecule has 0 N–H and O–H groups in total. The summed E-state index contributed by atoms with van der Waals surface area (Å²) in [5, 5.41) is 0. The van der Waals surface area contributed by atoms with Crippen molar-refractivity contribution in [3.63, 3.8) is 0 Å². The van der Waals surface area contributed by atoms with Gasteiger partial charge in [0.05, 0.1) is 23.0 Å². The van der Waals surface area contributed by atoms with E-state index in [-0.39, 0.29) is 18.5 Å². The maximum Gasteiger partial charge on any atom is 0.317 e. The van der Waals surface area contributed by atoms with Gasteiger partial charge in [-0.05, 0) is 24.3 Å². The topological polar surface area (TPSA) is 52.1 Å². The molecule has 2 aromatic heterocycles. The molecule has 21 heavy (non-hydrogen) atoms. The summed E-state index contributed by atoms with van der Waals surface area (Å²) < 4.78 is 5.28. The summed E-state index contributed by atoms with van der Waals surface area (Å²) in [4.78, 5) is 20.5. The number of nitrogens with zero attached hydrogens (tertiary/aromatic N) is 2. The Bertz CT molecular complexity index is 681. The van der Waals surface area contributed by atoms with Gasteiger partial charge < -0.3 is 4.74 Å². The standard InChI is InChI=1S/C17H14N2O2/c20-17(13-6-1-2-7-13)21-12-14-8-5-10-16(19-14)15-9-3-4-11-18-15/h1-11,13H,12H2. The lowest BCUT2D eigenvalue weighted by atomic mass is 10.2. The molecule has 104 valence electrons. The monoisotopic (exact) mass is 278 g/mol. The van der Waals surface area contributed by atoms with Crippen LogP contribution in [-0.4, -0.2) is 15.9 Å². The molecule has 0 aromatic carbocycles. The van der Waals surface area contributed by atoms with Gasteiger partial charge in [0, 0.05) is 6.20 Å². The number of rotatable bonds is 4. The number of pyridine rings is 2. The molecule has 1 aliphatic carbocycles. The van der Waals surface area contributed by atoms with Crippen molar-refractivity contribution in [2.45, 2.75) is 6.61 Å². The highest BCUT2D eigenvalue weighted by molar-refractivity contribution is 5.77. The third-order valence-electron chi connectivity index (χ3n) is 3.12. The van der Waals surface area contributed by atoms with E-state index in [1.54, 1.807) is 18.3 Å². The van der Waals surface area contributed by atoms with Gasteiger partial charge in [-0.2, -0.15) is 0 Å². The zero-order chi connectivity index (χ0) is 14.5. The molecule has 0 unspecified atom stereocenters. The number of ether oxygens (including phenoxy) is 1. The molecule has 0 saturated carbocycles. The first-order valence-electron chi connectivity index (χ1n) is 6.72. The molecule has 1 aliphatic rings. The Morgan fingerprint density at radius 3 is 2.62 bits per heavy atom. The largest absolute Gasteiger partial charge is 0.458 e. The molecule has 0 radical (unpaired) electrons. The van der Waals surface area contributed by atoms with E-state index >= 15 is 0 Å². The van der Waals surface area contributed by atoms with Crippen molar-refractivity contribution in [2.75, 3.05) is 0 Å². The number of hydrogen-bond donors (Lipinski definition) is 0. The van der Waals surface area contributed by atoms with Gasteiger partial charge in [0.2, 0.25) is 0 Å². The summed E-state index contributed by atoms with van der Waals surface area (Å²) in [5.41, 5.74) is 2.27. The molecule has 2 heterocycles. The van der Waals surface area contributed by atoms with Gasteiger partial charge in [-0.15, -0.1) is 0 Å². The molecule has 0 fully saturated rings. The first kappa shape index (κ1) is 13.2. The molecule has 0 saturated heterocycles. The van der Waals surface area contributed by atoms with E-state index in [2.05, 4.69) is 9.97 Å². The van der Waals surface area contributed by atoms with Gasteiger partial charge >= 0.3 is 5.97 Å². The number of carbonyl (C=O) groups is 1. The van der Waals surface area contributed by atoms with Crippen molar-refractivity contribution in [3.05, 3.63) is 72.6 Å². The van der Waals surface area contributed by atoms with Gasteiger partial charge in [-0.25, -0.2) is 4.98 Å². The molecule has 3 rings (SSSR count). The maximum absolute atomic E-state index is 11.8. The number of carbonyl (C=O) groups excluding carboxylic acids is 1. The first-order valence-corrected chi connectivity index (χ1v) is 6.72. The average Bonchev–Trinajstić information content (AvgIpc) is 3.08. The second-order valence-electron chi connectivity index (χ2n) is 4.63. The van der Waals surface area contributed by atoms with E-state index in [0.717, 1.165) is 11.4 Å². The lowest BCUT2D eigenvalue weighted by molar-refractivity contribution is -0.146. The Balaban J connectivity index is 1.68. The molecule has 0 atom stereocenters. The Morgan fingerprint density at radius 1 is 1.05 bits per heavy atom. The summed E-state index contributed by atoms with van der Waals surface area (Å²) in [5.74, 6) is -0.533. The van der Waals surface area contributed by atoms with E-state index in [1.807, 2.05) is 48.6 Å². The Morgan fingerprint density at radius 2 is 1.86 bits per heavy atom. The molecule has 0 spiro atoms. The van der Waals surface area contributed by atoms with Crippen molar-refractivity contribution in [3.8, 4) is 11.4 Å². The Hall–Kier alpha value is -2.75. The van der Waals surface area contributed by atoms with Crippen LogP contribution in [0.2, 0.25) is 0 Å². The van der Waals surface area contributed by atoms with E-state index in [1.165, 1.54) is 0 Å². The minimum absolute atomic E-state index is 0.164. The van der Waals surface area contributed by atoms with Crippen molar-refractivity contribution >= 4 is 5.97 Å². The number of allylic oxidation sites excluding steroid dienone is 2. The van der Waals surface area contributed by atoms with Crippen molar-refractivity contribution in [2.24, 2.45) is 5.92 Å². The number of esters is 1. The quantitative estimate of drug-likeness (QED) is 0.807. The van der Waals surface area contributed by atoms with Crippen LogP contribution in [0.5, 0.6) is 0 Å². The summed E-state index contributed by atoms with van der Waals surface area (Å²) in [6.07, 6.45) is 9.01. The highest BCUT2D eigenvalue weighted by Gasteiger charge is 2.16. The van der Waals surface area contributed by atoms with E-state index in [0.29, 0.717) is 5.69 Å². The lowest BCUT2D eigenvalue weighted by Gasteiger charge is -2.08. The smallest absolute Gasteiger partial charge is 0.317 e. The van der Waals surface area contributed by atoms with Gasteiger partial charge in [-0.3, -0.25) is 9.78 Å². The van der Waals surface area contributed by atoms with Crippen LogP contribution in [0, 0.1) is 5.92 Å². The molecule has 0 bridgehead atoms. The van der Waals surface area contributed by atoms with Crippen LogP contribution < -0.4 is 0 Å². The predicted molar refractivity (Wildman–Crippen MR) is 79.0 cm³/mol. The SMILES string of the molecule is O=C(OCc1cccc(-c2ccccn2)n1)C1C=CC=C1. The minimum atomic E-state index is -0.274. The molecule has 0 amide bonds. The van der Waals surface area contributed by atoms with Crippen LogP contribution in [-0.2, 0) is 16.1 Å². The maximum atomic E-state index is 11.8. The van der Waals surface area contributed by atoms with Crippen LogP contribution in [0.15, 0.2) is 66.9 Å². The van der Waals surface area contributed by atoms with Crippen molar-refractivity contribution < 1.29 is 9.53 Å². The molecular weight excluding hydrogens is 264 g/mol. The summed E-state index contributed by atoms with van der Waals surface area (Å²) in [7, 11) is 0. The van der Waals surface area contributed by atoms with Crippen LogP contribution in [0.4, 0.5) is 0 Å². The third kappa shape index (κ3) is 3.23. The fourth-order valence-corrected chi connectivity index (χ4v) is 2.05. The second kappa shape index (κ2) is 6.13. The molecule has 4 heteroatoms. The third-order valence-corrected chi connectivity index (χ3v) is 3.12. The normalized spacial score (nSPS) is 13.5. The second-order valence-corrected chi connectivity index (χ2v) is 4.63. The first-order chi connectivity index (χ1) is 10.3. The van der Waals surface area contributed by atoms with Crippen LogP contribution in [0.25, 0.3) is 11.4 Å². The summed E-state index contributed by atoms with van der Waals surface area (Å²) in [6.45, 7) is 0.164. The van der Waals surface area contributed by atoms with E-state index < -0.39 is 0 Å². The fraction of sp³-hybridized carbons (Fsp3) is 0.118. The van der Waals surface area contributed by atoms with Crippen LogP contribution in [0.1, 0.15) is 5.69 Å². The summed E-state index contributed by atoms with van der Waals surface area (Å²) in [6, 6.07) is 11.3. The average molecular weight is 278 g/mol. The summed E-state index contributed by atoms with van der Waals surface area (Å²) >= 11 is 0. The Kier molecular flexibility index (Phi) is 3.87. The van der Waals surface area contributed by atoms with Crippen molar-refractivity contribution in [1.29, 1.82) is 0 Å². The zero-order valence-electron chi connectivity index (χ0n) is 11.3. The molecule has 4 nitrogen and oxygen atoms in total. The highest BCUT2D eigenvalue weighted by Crippen LogP contribution is 2.15. The van der Waals surface area contributed by atoms with Gasteiger partial charge in [0.1, 0.15) is 6.61 Å². The van der Waals surface area contributed by atoms with Gasteiger partial charge in [0.15, 0.2) is 0 Å². The van der Waals surface area contributed by atoms with Crippen LogP contribution in [0.3, 0.4) is 0 Å². The van der Waals surface area contributed by atoms with Crippen LogP contribution >= 0.6 is 0 Å².